The van der Waals surface area contributed by atoms with Gasteiger partial charge in [-0.1, -0.05) is 0 Å². The average Bonchev–Trinajstić information content (AvgIpc) is 2.43. The Hall–Kier alpha value is -0.810. The van der Waals surface area contributed by atoms with Crippen molar-refractivity contribution in [1.82, 2.24) is 0 Å². The Morgan fingerprint density at radius 1 is 1.56 bits per heavy atom. The minimum Gasteiger partial charge on any atom is -0.397 e. The normalized spacial score (nSPS) is 20.6. The van der Waals surface area contributed by atoms with Gasteiger partial charge in [0.2, 0.25) is 5.91 Å². The number of nitrogens with zero attached hydrogens (tertiary/aromatic N) is 1. The third-order valence-corrected chi connectivity index (χ3v) is 3.30. The molecule has 1 aliphatic rings. The average molecular weight is 308 g/mol. The molecule has 0 aromatic heterocycles. The summed E-state index contributed by atoms with van der Waals surface area (Å²) in [7, 11) is 0. The predicted molar refractivity (Wildman–Crippen MR) is 65.1 cm³/mol. The molecular weight excluding hydrogens is 298 g/mol. The van der Waals surface area contributed by atoms with Crippen LogP contribution in [0.15, 0.2) is 16.6 Å². The van der Waals surface area contributed by atoms with Gasteiger partial charge >= 0.3 is 0 Å². The first-order valence-corrected chi connectivity index (χ1v) is 5.91. The maximum absolute atomic E-state index is 13.0. The van der Waals surface area contributed by atoms with Gasteiger partial charge in [0.25, 0.3) is 0 Å². The fourth-order valence-electron chi connectivity index (χ4n) is 1.75. The number of halogens is 3. The van der Waals surface area contributed by atoms with Crippen LogP contribution in [0.1, 0.15) is 6.42 Å². The van der Waals surface area contributed by atoms with Gasteiger partial charge in [-0.2, -0.15) is 0 Å². The first kappa shape index (κ1) is 11.7. The molecule has 6 heteroatoms. The minimum absolute atomic E-state index is 0.0981. The third-order valence-electron chi connectivity index (χ3n) is 2.41. The van der Waals surface area contributed by atoms with Crippen molar-refractivity contribution in [1.29, 1.82) is 0 Å². The van der Waals surface area contributed by atoms with Gasteiger partial charge in [0.15, 0.2) is 0 Å². The summed E-state index contributed by atoms with van der Waals surface area (Å²) in [6.07, 6.45) is 0.283. The van der Waals surface area contributed by atoms with Crippen molar-refractivity contribution in [3.63, 3.8) is 0 Å². The molecule has 0 bridgehead atoms. The van der Waals surface area contributed by atoms with Crippen LogP contribution in [-0.2, 0) is 4.79 Å². The quantitative estimate of drug-likeness (QED) is 0.640. The number of rotatable bonds is 1. The molecule has 1 amide bonds. The highest BCUT2D eigenvalue weighted by atomic mass is 79.9. The van der Waals surface area contributed by atoms with Gasteiger partial charge < -0.3 is 10.6 Å². The second-order valence-electron chi connectivity index (χ2n) is 3.63. The molecule has 1 unspecified atom stereocenters. The third kappa shape index (κ3) is 2.01. The molecule has 1 aromatic carbocycles. The summed E-state index contributed by atoms with van der Waals surface area (Å²) in [5, 5.41) is -0.219. The van der Waals surface area contributed by atoms with Crippen LogP contribution in [0.5, 0.6) is 0 Å². The fourth-order valence-corrected chi connectivity index (χ4v) is 2.68. The zero-order valence-electron chi connectivity index (χ0n) is 8.21. The first-order chi connectivity index (χ1) is 7.49. The van der Waals surface area contributed by atoms with Gasteiger partial charge in [0.05, 0.1) is 16.8 Å². The molecule has 1 fully saturated rings. The Bertz CT molecular complexity index is 431. The highest BCUT2D eigenvalue weighted by Crippen LogP contribution is 2.36. The molecule has 1 aromatic rings. The van der Waals surface area contributed by atoms with Gasteiger partial charge in [0, 0.05) is 17.4 Å². The Morgan fingerprint density at radius 3 is 2.75 bits per heavy atom. The van der Waals surface area contributed by atoms with E-state index in [0.29, 0.717) is 16.7 Å². The number of benzene rings is 1. The monoisotopic (exact) mass is 306 g/mol. The van der Waals surface area contributed by atoms with Crippen molar-refractivity contribution in [2.45, 2.75) is 11.8 Å². The standard InChI is InChI=1S/C10H9BrClFN2O/c11-7-2-6(13)3-8(14)10(7)15-4-5(12)1-9(15)16/h2-3,5H,1,4,14H2. The Labute approximate surface area is 105 Å². The molecule has 0 saturated carbocycles. The van der Waals surface area contributed by atoms with Gasteiger partial charge in [-0.05, 0) is 28.1 Å². The van der Waals surface area contributed by atoms with E-state index in [-0.39, 0.29) is 23.4 Å². The molecular formula is C10H9BrClFN2O. The number of nitrogen functional groups attached to an aromatic ring is 1. The molecule has 1 aliphatic heterocycles. The summed E-state index contributed by atoms with van der Waals surface area (Å²) in [4.78, 5) is 13.1. The van der Waals surface area contributed by atoms with E-state index >= 15 is 0 Å². The molecule has 16 heavy (non-hydrogen) atoms. The number of hydrogen-bond acceptors (Lipinski definition) is 2. The topological polar surface area (TPSA) is 46.3 Å². The van der Waals surface area contributed by atoms with Crippen molar-refractivity contribution < 1.29 is 9.18 Å². The zero-order chi connectivity index (χ0) is 11.9. The Balaban J connectivity index is 2.44. The lowest BCUT2D eigenvalue weighted by atomic mass is 10.2. The van der Waals surface area contributed by atoms with Crippen molar-refractivity contribution in [3.8, 4) is 0 Å². The SMILES string of the molecule is Nc1cc(F)cc(Br)c1N1CC(Cl)CC1=O. The number of amides is 1. The number of anilines is 2. The van der Waals surface area contributed by atoms with Crippen molar-refractivity contribution in [3.05, 3.63) is 22.4 Å². The zero-order valence-corrected chi connectivity index (χ0v) is 10.6. The van der Waals surface area contributed by atoms with E-state index in [1.165, 1.54) is 17.0 Å². The van der Waals surface area contributed by atoms with E-state index in [9.17, 15) is 9.18 Å². The molecule has 0 aliphatic carbocycles. The summed E-state index contributed by atoms with van der Waals surface area (Å²) in [6, 6.07) is 2.47. The molecule has 0 radical (unpaired) electrons. The number of alkyl halides is 1. The van der Waals surface area contributed by atoms with E-state index in [1.807, 2.05) is 0 Å². The number of nitrogens with two attached hydrogens (primary N) is 1. The molecule has 1 heterocycles. The van der Waals surface area contributed by atoms with E-state index in [1.54, 1.807) is 0 Å². The Morgan fingerprint density at radius 2 is 2.25 bits per heavy atom. The van der Waals surface area contributed by atoms with Crippen LogP contribution in [0.25, 0.3) is 0 Å². The molecule has 3 nitrogen and oxygen atoms in total. The van der Waals surface area contributed by atoms with Crippen molar-refractivity contribution in [2.75, 3.05) is 17.2 Å². The van der Waals surface area contributed by atoms with E-state index < -0.39 is 5.82 Å². The molecule has 86 valence electrons. The second kappa shape index (κ2) is 4.22. The van der Waals surface area contributed by atoms with Crippen LogP contribution < -0.4 is 10.6 Å². The molecule has 0 spiro atoms. The molecule has 2 N–H and O–H groups in total. The predicted octanol–water partition coefficient (Wildman–Crippen LogP) is 2.51. The summed E-state index contributed by atoms with van der Waals surface area (Å²) in [5.41, 5.74) is 6.43. The number of carbonyl (C=O) groups is 1. The highest BCUT2D eigenvalue weighted by Gasteiger charge is 2.31. The Kier molecular flexibility index (Phi) is 3.08. The molecule has 2 rings (SSSR count). The molecule has 1 saturated heterocycles. The second-order valence-corrected chi connectivity index (χ2v) is 5.10. The first-order valence-electron chi connectivity index (χ1n) is 4.68. The van der Waals surface area contributed by atoms with E-state index in [0.717, 1.165) is 0 Å². The molecule has 1 atom stereocenters. The van der Waals surface area contributed by atoms with Gasteiger partial charge in [-0.3, -0.25) is 4.79 Å². The summed E-state index contributed by atoms with van der Waals surface area (Å²) < 4.78 is 13.5. The lowest BCUT2D eigenvalue weighted by molar-refractivity contribution is -0.117. The van der Waals surface area contributed by atoms with Crippen LogP contribution in [-0.4, -0.2) is 17.8 Å². The number of carbonyl (C=O) groups excluding carboxylic acids is 1. The van der Waals surface area contributed by atoms with Crippen LogP contribution >= 0.6 is 27.5 Å². The van der Waals surface area contributed by atoms with Crippen LogP contribution in [0.4, 0.5) is 15.8 Å². The lowest BCUT2D eigenvalue weighted by Crippen LogP contribution is -2.26. The van der Waals surface area contributed by atoms with Gasteiger partial charge in [0.1, 0.15) is 5.82 Å². The smallest absolute Gasteiger partial charge is 0.228 e. The van der Waals surface area contributed by atoms with Crippen LogP contribution in [0.2, 0.25) is 0 Å². The highest BCUT2D eigenvalue weighted by molar-refractivity contribution is 9.10. The minimum atomic E-state index is -0.442. The largest absolute Gasteiger partial charge is 0.397 e. The van der Waals surface area contributed by atoms with E-state index in [2.05, 4.69) is 15.9 Å². The summed E-state index contributed by atoms with van der Waals surface area (Å²) >= 11 is 9.09. The van der Waals surface area contributed by atoms with Crippen molar-refractivity contribution >= 4 is 44.8 Å². The van der Waals surface area contributed by atoms with E-state index in [4.69, 9.17) is 17.3 Å². The maximum atomic E-state index is 13.0. The van der Waals surface area contributed by atoms with Crippen LogP contribution in [0, 0.1) is 5.82 Å². The fraction of sp³-hybridized carbons (Fsp3) is 0.300. The van der Waals surface area contributed by atoms with Gasteiger partial charge in [-0.15, -0.1) is 11.6 Å². The van der Waals surface area contributed by atoms with Gasteiger partial charge in [-0.25, -0.2) is 4.39 Å². The number of hydrogen-bond donors (Lipinski definition) is 1. The van der Waals surface area contributed by atoms with Crippen molar-refractivity contribution in [2.24, 2.45) is 0 Å². The van der Waals surface area contributed by atoms with Crippen LogP contribution in [0.3, 0.4) is 0 Å². The maximum Gasteiger partial charge on any atom is 0.228 e. The summed E-state index contributed by atoms with van der Waals surface area (Å²) in [6.45, 7) is 0.398. The lowest BCUT2D eigenvalue weighted by Gasteiger charge is -2.19. The summed E-state index contributed by atoms with van der Waals surface area (Å²) in [5.74, 6) is -0.541.